The van der Waals surface area contributed by atoms with E-state index in [1.807, 2.05) is 6.08 Å². The van der Waals surface area contributed by atoms with Gasteiger partial charge in [0.15, 0.2) is 0 Å². The van der Waals surface area contributed by atoms with Crippen LogP contribution in [0.15, 0.2) is 12.7 Å². The standard InChI is InChI=1S/C7H13NOSe/c1-3-4-10-5-7(8)6(2)9/h3,7H,1,4-5,8H2,2H3. The van der Waals surface area contributed by atoms with Crippen molar-refractivity contribution in [3.63, 3.8) is 0 Å². The van der Waals surface area contributed by atoms with Gasteiger partial charge in [-0.1, -0.05) is 0 Å². The molecule has 2 N–H and O–H groups in total. The average Bonchev–Trinajstić information content (AvgIpc) is 1.88. The van der Waals surface area contributed by atoms with Gasteiger partial charge in [-0.25, -0.2) is 0 Å². The predicted molar refractivity (Wildman–Crippen MR) is 44.2 cm³/mol. The summed E-state index contributed by atoms with van der Waals surface area (Å²) in [4.78, 5) is 10.6. The van der Waals surface area contributed by atoms with Crippen LogP contribution in [0, 0.1) is 0 Å². The summed E-state index contributed by atoms with van der Waals surface area (Å²) in [5.74, 6) is 0.0888. The fourth-order valence-electron chi connectivity index (χ4n) is 0.396. The van der Waals surface area contributed by atoms with E-state index in [0.717, 1.165) is 10.6 Å². The van der Waals surface area contributed by atoms with E-state index in [1.165, 1.54) is 6.92 Å². The molecule has 3 heteroatoms. The van der Waals surface area contributed by atoms with Gasteiger partial charge in [-0.15, -0.1) is 0 Å². The second-order valence-electron chi connectivity index (χ2n) is 2.04. The molecule has 0 aliphatic rings. The van der Waals surface area contributed by atoms with Crippen LogP contribution in [-0.2, 0) is 4.79 Å². The Bertz CT molecular complexity index is 125. The second-order valence-corrected chi connectivity index (χ2v) is 4.30. The van der Waals surface area contributed by atoms with Crippen LogP contribution in [0.25, 0.3) is 0 Å². The summed E-state index contributed by atoms with van der Waals surface area (Å²) >= 11 is 0.465. The van der Waals surface area contributed by atoms with Crippen molar-refractivity contribution < 1.29 is 4.79 Å². The molecule has 10 heavy (non-hydrogen) atoms. The number of rotatable bonds is 5. The molecule has 0 saturated carbocycles. The van der Waals surface area contributed by atoms with Crippen LogP contribution in [0.1, 0.15) is 6.92 Å². The molecule has 0 heterocycles. The monoisotopic (exact) mass is 207 g/mol. The van der Waals surface area contributed by atoms with E-state index in [-0.39, 0.29) is 11.8 Å². The number of carbonyl (C=O) groups is 1. The molecule has 0 bridgehead atoms. The van der Waals surface area contributed by atoms with E-state index in [4.69, 9.17) is 5.73 Å². The van der Waals surface area contributed by atoms with E-state index in [0.29, 0.717) is 15.0 Å². The van der Waals surface area contributed by atoms with Crippen LogP contribution < -0.4 is 5.73 Å². The molecule has 0 spiro atoms. The summed E-state index contributed by atoms with van der Waals surface area (Å²) in [7, 11) is 0. The first-order chi connectivity index (χ1) is 4.68. The van der Waals surface area contributed by atoms with E-state index in [9.17, 15) is 4.79 Å². The molecule has 2 nitrogen and oxygen atoms in total. The zero-order valence-electron chi connectivity index (χ0n) is 6.17. The minimum atomic E-state index is -0.236. The van der Waals surface area contributed by atoms with Gasteiger partial charge >= 0.3 is 67.5 Å². The molecule has 0 amide bonds. The number of Topliss-reactive ketones (excluding diaryl/α,β-unsaturated/α-hetero) is 1. The van der Waals surface area contributed by atoms with E-state index in [1.54, 1.807) is 0 Å². The Morgan fingerprint density at radius 2 is 2.50 bits per heavy atom. The molecule has 0 saturated heterocycles. The van der Waals surface area contributed by atoms with E-state index < -0.39 is 0 Å². The quantitative estimate of drug-likeness (QED) is 0.407. The molecule has 0 aromatic rings. The van der Waals surface area contributed by atoms with Crippen LogP contribution in [0.2, 0.25) is 10.6 Å². The Hall–Kier alpha value is -0.111. The summed E-state index contributed by atoms with van der Waals surface area (Å²) in [6, 6.07) is -0.236. The fraction of sp³-hybridized carbons (Fsp3) is 0.571. The second kappa shape index (κ2) is 5.66. The van der Waals surface area contributed by atoms with Gasteiger partial charge in [-0.05, 0) is 0 Å². The molecule has 0 radical (unpaired) electrons. The maximum atomic E-state index is 10.6. The van der Waals surface area contributed by atoms with Crippen molar-refractivity contribution >= 4 is 20.7 Å². The van der Waals surface area contributed by atoms with Crippen LogP contribution >= 0.6 is 0 Å². The van der Waals surface area contributed by atoms with Gasteiger partial charge in [-0.2, -0.15) is 0 Å². The van der Waals surface area contributed by atoms with Gasteiger partial charge in [0, 0.05) is 0 Å². The van der Waals surface area contributed by atoms with Gasteiger partial charge in [0.1, 0.15) is 0 Å². The van der Waals surface area contributed by atoms with Crippen molar-refractivity contribution in [1.82, 2.24) is 0 Å². The number of ketones is 1. The molecular weight excluding hydrogens is 193 g/mol. The number of carbonyl (C=O) groups excluding carboxylic acids is 1. The number of allylic oxidation sites excluding steroid dienone is 1. The third kappa shape index (κ3) is 4.74. The van der Waals surface area contributed by atoms with Crippen molar-refractivity contribution in [2.45, 2.75) is 23.6 Å². The van der Waals surface area contributed by atoms with Gasteiger partial charge in [0.05, 0.1) is 0 Å². The van der Waals surface area contributed by atoms with E-state index in [2.05, 4.69) is 6.58 Å². The summed E-state index contributed by atoms with van der Waals surface area (Å²) in [6.07, 6.45) is 1.87. The third-order valence-electron chi connectivity index (χ3n) is 1.06. The Labute approximate surface area is 68.0 Å². The third-order valence-corrected chi connectivity index (χ3v) is 3.29. The molecule has 1 unspecified atom stereocenters. The van der Waals surface area contributed by atoms with Crippen LogP contribution in [0.4, 0.5) is 0 Å². The van der Waals surface area contributed by atoms with Gasteiger partial charge < -0.3 is 0 Å². The summed E-state index contributed by atoms with van der Waals surface area (Å²) in [5.41, 5.74) is 5.49. The van der Waals surface area contributed by atoms with Crippen molar-refractivity contribution in [3.05, 3.63) is 12.7 Å². The molecule has 0 fully saturated rings. The molecule has 0 aromatic carbocycles. The van der Waals surface area contributed by atoms with Gasteiger partial charge in [0.2, 0.25) is 0 Å². The molecular formula is C7H13NOSe. The molecule has 1 atom stereocenters. The normalized spacial score (nSPS) is 12.6. The van der Waals surface area contributed by atoms with Gasteiger partial charge in [-0.3, -0.25) is 0 Å². The summed E-state index contributed by atoms with van der Waals surface area (Å²) in [5, 5.41) is 1.85. The summed E-state index contributed by atoms with van der Waals surface area (Å²) in [6.45, 7) is 5.13. The number of hydrogen-bond donors (Lipinski definition) is 1. The predicted octanol–water partition coefficient (Wildman–Crippen LogP) is 0.630. The number of nitrogens with two attached hydrogens (primary N) is 1. The average molecular weight is 206 g/mol. The topological polar surface area (TPSA) is 43.1 Å². The Kier molecular flexibility index (Phi) is 5.59. The maximum absolute atomic E-state index is 10.6. The zero-order chi connectivity index (χ0) is 7.98. The van der Waals surface area contributed by atoms with Crippen LogP contribution in [0.5, 0.6) is 0 Å². The van der Waals surface area contributed by atoms with E-state index >= 15 is 0 Å². The molecule has 0 aliphatic heterocycles. The first-order valence-electron chi connectivity index (χ1n) is 3.13. The Balaban J connectivity index is 3.30. The Morgan fingerprint density at radius 3 is 2.90 bits per heavy atom. The van der Waals surface area contributed by atoms with Crippen molar-refractivity contribution in [2.24, 2.45) is 5.73 Å². The van der Waals surface area contributed by atoms with Crippen molar-refractivity contribution in [1.29, 1.82) is 0 Å². The van der Waals surface area contributed by atoms with Crippen LogP contribution in [0.3, 0.4) is 0 Å². The SMILES string of the molecule is C=CC[Se]CC(N)C(C)=O. The first kappa shape index (κ1) is 9.89. The minimum absolute atomic E-state index is 0.0888. The van der Waals surface area contributed by atoms with Crippen molar-refractivity contribution in [2.75, 3.05) is 0 Å². The molecule has 58 valence electrons. The Morgan fingerprint density at radius 1 is 1.90 bits per heavy atom. The number of hydrogen-bond acceptors (Lipinski definition) is 2. The molecule has 0 aromatic heterocycles. The molecule has 0 rings (SSSR count). The van der Waals surface area contributed by atoms with Crippen molar-refractivity contribution in [3.8, 4) is 0 Å². The molecule has 0 aliphatic carbocycles. The van der Waals surface area contributed by atoms with Gasteiger partial charge in [0.25, 0.3) is 0 Å². The fourth-order valence-corrected chi connectivity index (χ4v) is 2.06. The first-order valence-corrected chi connectivity index (χ1v) is 5.55. The zero-order valence-corrected chi connectivity index (χ0v) is 7.88. The summed E-state index contributed by atoms with van der Waals surface area (Å²) < 4.78 is 0. The van der Waals surface area contributed by atoms with Crippen LogP contribution in [-0.4, -0.2) is 26.8 Å².